The van der Waals surface area contributed by atoms with Crippen LogP contribution in [0.15, 0.2) is 0 Å². The van der Waals surface area contributed by atoms with Crippen LogP contribution in [0.25, 0.3) is 0 Å². The van der Waals surface area contributed by atoms with Crippen molar-refractivity contribution in [1.82, 2.24) is 0 Å². The van der Waals surface area contributed by atoms with Crippen LogP contribution in [0.5, 0.6) is 0 Å². The second kappa shape index (κ2) is 31.8. The van der Waals surface area contributed by atoms with Crippen molar-refractivity contribution in [2.45, 2.75) is 177 Å². The van der Waals surface area contributed by atoms with Gasteiger partial charge in [-0.1, -0.05) is 88.5 Å². The molecule has 3 rings (SSSR count). The molecule has 11 atom stereocenters. The molecule has 10 heteroatoms. The Labute approximate surface area is 394 Å². The summed E-state index contributed by atoms with van der Waals surface area (Å²) >= 11 is 0. The Balaban J connectivity index is 0.000000710. The van der Waals surface area contributed by atoms with Crippen molar-refractivity contribution >= 4 is 24.1 Å². The molecule has 0 aromatic heterocycles. The molecule has 3 aliphatic carbocycles. The number of rotatable bonds is 21. The molecule has 3 aliphatic rings. The van der Waals surface area contributed by atoms with Gasteiger partial charge in [0.05, 0.1) is 30.8 Å². The highest BCUT2D eigenvalue weighted by atomic mass is 16.6. The fourth-order valence-electron chi connectivity index (χ4n) is 9.98. The number of hydrogen-bond acceptors (Lipinski definition) is 10. The second-order valence-corrected chi connectivity index (χ2v) is 20.3. The molecule has 0 aliphatic heterocycles. The number of carbonyl (C=O) groups excluding carboxylic acids is 5. The minimum absolute atomic E-state index is 0.00211. The largest absolute Gasteiger partial charge is 0.464 e. The molecule has 0 bridgehead atoms. The van der Waals surface area contributed by atoms with Gasteiger partial charge in [-0.2, -0.15) is 9.59 Å². The van der Waals surface area contributed by atoms with Crippen LogP contribution in [0.4, 0.5) is 0 Å². The van der Waals surface area contributed by atoms with Crippen molar-refractivity contribution in [2.75, 3.05) is 26.4 Å². The first-order valence-corrected chi connectivity index (χ1v) is 24.4. The number of esters is 3. The Hall–Kier alpha value is -4.05. The molecule has 65 heavy (non-hydrogen) atoms. The summed E-state index contributed by atoms with van der Waals surface area (Å²) in [4.78, 5) is 54.2. The molecule has 0 spiro atoms. The van der Waals surface area contributed by atoms with Gasteiger partial charge >= 0.3 is 24.1 Å². The van der Waals surface area contributed by atoms with Crippen LogP contribution < -0.4 is 0 Å². The maximum absolute atomic E-state index is 12.8. The smallest absolute Gasteiger partial charge is 0.373 e. The lowest BCUT2D eigenvalue weighted by Crippen LogP contribution is -2.41. The Kier molecular flexibility index (Phi) is 28.8. The van der Waals surface area contributed by atoms with Crippen LogP contribution in [-0.2, 0) is 47.7 Å². The monoisotopic (exact) mass is 905 g/mol. The third kappa shape index (κ3) is 21.0. The van der Waals surface area contributed by atoms with Crippen LogP contribution in [-0.4, -0.2) is 68.8 Å². The zero-order valence-corrected chi connectivity index (χ0v) is 41.7. The molecular formula is C55H84O10. The molecule has 0 aromatic carbocycles. The highest BCUT2D eigenvalue weighted by molar-refractivity contribution is 5.78. The Morgan fingerprint density at radius 2 is 0.908 bits per heavy atom. The van der Waals surface area contributed by atoms with Gasteiger partial charge in [-0.05, 0) is 98.2 Å². The van der Waals surface area contributed by atoms with E-state index in [-0.39, 0.29) is 68.7 Å². The van der Waals surface area contributed by atoms with Crippen LogP contribution in [0.1, 0.15) is 159 Å². The van der Waals surface area contributed by atoms with Crippen molar-refractivity contribution in [2.24, 2.45) is 70.5 Å². The lowest BCUT2D eigenvalue weighted by Gasteiger charge is -2.39. The molecule has 0 heterocycles. The van der Waals surface area contributed by atoms with Gasteiger partial charge in [0, 0.05) is 37.5 Å². The molecule has 0 N–H and O–H groups in total. The van der Waals surface area contributed by atoms with E-state index in [1.54, 1.807) is 0 Å². The van der Waals surface area contributed by atoms with E-state index in [1.807, 2.05) is 6.92 Å². The van der Waals surface area contributed by atoms with Crippen molar-refractivity contribution in [3.63, 3.8) is 0 Å². The molecular weight excluding hydrogens is 821 g/mol. The maximum Gasteiger partial charge on any atom is 0.373 e. The molecule has 0 amide bonds. The van der Waals surface area contributed by atoms with Gasteiger partial charge in [0.15, 0.2) is 0 Å². The quantitative estimate of drug-likeness (QED) is 0.0623. The van der Waals surface area contributed by atoms with Gasteiger partial charge in [-0.25, -0.2) is 9.59 Å². The number of terminal acetylenes is 4. The standard InChI is InChI=1S/C34H54O6.C20H30O2.CO2/c1-9-11-27(19-39-33(35)21-37-31-17-25(7)13-15-29(31)23(3)4)28(12-10-2)20-40-34(36)22-38-32-18-26(8)14-16-30(32)24(5)6;1-7-12-20(9-3,13-8-2)19(21)22-18-14-16(6)10-11-17(18)15(4)5;2-1-3/h1-2,23-32H,11-22H2,3-8H3;1-2,15-18H,9-14H2,3-6H3;/t25-,26+,27-,28-,29+,30-,31+,32+;16-,17+,18-;/m10./s1. The lowest BCUT2D eigenvalue weighted by molar-refractivity contribution is -0.191. The summed E-state index contributed by atoms with van der Waals surface area (Å²) in [6.45, 7) is 22.0. The van der Waals surface area contributed by atoms with Crippen molar-refractivity contribution in [1.29, 1.82) is 0 Å². The summed E-state index contributed by atoms with van der Waals surface area (Å²) < 4.78 is 29.2. The van der Waals surface area contributed by atoms with Gasteiger partial charge < -0.3 is 23.7 Å². The zero-order chi connectivity index (χ0) is 49.1. The van der Waals surface area contributed by atoms with Crippen LogP contribution in [0.2, 0.25) is 0 Å². The first kappa shape index (κ1) is 59.0. The highest BCUT2D eigenvalue weighted by Gasteiger charge is 2.41. The molecule has 3 fully saturated rings. The average molecular weight is 905 g/mol. The minimum Gasteiger partial charge on any atom is -0.464 e. The molecule has 10 nitrogen and oxygen atoms in total. The summed E-state index contributed by atoms with van der Waals surface area (Å²) in [6, 6.07) is 0. The van der Waals surface area contributed by atoms with Crippen LogP contribution >= 0.6 is 0 Å². The number of carbonyl (C=O) groups is 3. The minimum atomic E-state index is -0.717. The van der Waals surface area contributed by atoms with Crippen LogP contribution in [0, 0.1) is 120 Å². The topological polar surface area (TPSA) is 132 Å². The van der Waals surface area contributed by atoms with E-state index < -0.39 is 17.4 Å². The molecule has 0 saturated heterocycles. The van der Waals surface area contributed by atoms with Crippen molar-refractivity contribution in [3.05, 3.63) is 0 Å². The van der Waals surface area contributed by atoms with E-state index in [0.29, 0.717) is 85.4 Å². The normalized spacial score (nSPS) is 26.1. The first-order valence-electron chi connectivity index (χ1n) is 24.4. The zero-order valence-electron chi connectivity index (χ0n) is 41.7. The van der Waals surface area contributed by atoms with Gasteiger partial charge in [-0.3, -0.25) is 4.79 Å². The average Bonchev–Trinajstić information content (AvgIpc) is 3.25. The fourth-order valence-corrected chi connectivity index (χ4v) is 9.98. The van der Waals surface area contributed by atoms with E-state index in [1.165, 1.54) is 19.3 Å². The fraction of sp³-hybridized carbons (Fsp3) is 0.782. The molecule has 364 valence electrons. The van der Waals surface area contributed by atoms with Crippen molar-refractivity contribution < 1.29 is 47.7 Å². The van der Waals surface area contributed by atoms with E-state index in [0.717, 1.165) is 38.5 Å². The van der Waals surface area contributed by atoms with Gasteiger partial charge in [0.2, 0.25) is 0 Å². The van der Waals surface area contributed by atoms with Crippen LogP contribution in [0.3, 0.4) is 0 Å². The third-order valence-corrected chi connectivity index (χ3v) is 14.3. The summed E-state index contributed by atoms with van der Waals surface area (Å²) in [5.41, 5.74) is -0.717. The second-order valence-electron chi connectivity index (χ2n) is 20.3. The summed E-state index contributed by atoms with van der Waals surface area (Å²) in [7, 11) is 0. The predicted octanol–water partition coefficient (Wildman–Crippen LogP) is 10.2. The molecule has 0 unspecified atom stereocenters. The Morgan fingerprint density at radius 1 is 0.569 bits per heavy atom. The Bertz CT molecular complexity index is 1530. The van der Waals surface area contributed by atoms with Crippen molar-refractivity contribution in [3.8, 4) is 49.4 Å². The van der Waals surface area contributed by atoms with E-state index in [2.05, 4.69) is 86.0 Å². The van der Waals surface area contributed by atoms with E-state index in [9.17, 15) is 14.4 Å². The van der Waals surface area contributed by atoms with E-state index >= 15 is 0 Å². The third-order valence-electron chi connectivity index (χ3n) is 14.3. The number of hydrogen-bond donors (Lipinski definition) is 0. The predicted molar refractivity (Wildman–Crippen MR) is 254 cm³/mol. The summed E-state index contributed by atoms with van der Waals surface area (Å²) in [6.07, 6.45) is 34.5. The molecule has 3 saturated carbocycles. The van der Waals surface area contributed by atoms with Gasteiger partial charge in [0.25, 0.3) is 0 Å². The highest BCUT2D eigenvalue weighted by Crippen LogP contribution is 2.40. The Morgan fingerprint density at radius 3 is 1.22 bits per heavy atom. The van der Waals surface area contributed by atoms with E-state index in [4.69, 9.17) is 59.0 Å². The summed E-state index contributed by atoms with van der Waals surface area (Å²) in [5, 5.41) is 0. The lowest BCUT2D eigenvalue weighted by atomic mass is 9.74. The first-order chi connectivity index (χ1) is 30.9. The maximum atomic E-state index is 12.8. The number of ether oxygens (including phenoxy) is 5. The molecule has 0 radical (unpaired) electrons. The van der Waals surface area contributed by atoms with Gasteiger partial charge in [-0.15, -0.1) is 49.4 Å². The van der Waals surface area contributed by atoms with Gasteiger partial charge in [0.1, 0.15) is 19.3 Å². The molecule has 0 aromatic rings. The SMILES string of the molecule is C#CCC(CC)(CC#C)C(=O)O[C@H]1C[C@@H](C)CC[C@@H]1C(C)C.C#CC[C@H](COC(=O)CO[C@H]1C[C@@H](C)CC[C@@H]1C(C)C)[C@H](CC#C)COC(=O)CO[C@H]1C[C@H](C)CC[C@H]1C(C)C.O=C=O. The summed E-state index contributed by atoms with van der Waals surface area (Å²) in [5.74, 6) is 13.7.